The molecular formula is C22H30N2O5S. The Hall–Kier alpha value is -2.35. The fourth-order valence-electron chi connectivity index (χ4n) is 3.82. The van der Waals surface area contributed by atoms with Gasteiger partial charge < -0.3 is 15.3 Å². The van der Waals surface area contributed by atoms with Crippen LogP contribution < -0.4 is 5.32 Å². The fraction of sp³-hybridized carbons (Fsp3) is 0.545. The van der Waals surface area contributed by atoms with Crippen molar-refractivity contribution in [3.05, 3.63) is 35.9 Å². The molecule has 2 rings (SSSR count). The van der Waals surface area contributed by atoms with Crippen LogP contribution in [-0.2, 0) is 25.6 Å². The number of carbonyl (C=O) groups is 4. The summed E-state index contributed by atoms with van der Waals surface area (Å²) in [5, 5.41) is 11.2. The van der Waals surface area contributed by atoms with E-state index in [0.717, 1.165) is 43.0 Å². The van der Waals surface area contributed by atoms with Crippen molar-refractivity contribution in [3.8, 4) is 0 Å². The van der Waals surface area contributed by atoms with Crippen LogP contribution >= 0.6 is 11.8 Å². The van der Waals surface area contributed by atoms with Gasteiger partial charge in [0.15, 0.2) is 5.12 Å². The van der Waals surface area contributed by atoms with Gasteiger partial charge in [-0.1, -0.05) is 55.4 Å². The Bertz CT molecular complexity index is 755. The van der Waals surface area contributed by atoms with Gasteiger partial charge in [-0.3, -0.25) is 19.2 Å². The maximum atomic E-state index is 13.1. The number of amides is 2. The zero-order valence-corrected chi connectivity index (χ0v) is 18.3. The van der Waals surface area contributed by atoms with Crippen molar-refractivity contribution in [1.82, 2.24) is 10.2 Å². The molecule has 1 aliphatic rings. The summed E-state index contributed by atoms with van der Waals surface area (Å²) in [4.78, 5) is 50.5. The number of carbonyl (C=O) groups excluding carboxylic acids is 3. The number of carboxylic acids is 1. The summed E-state index contributed by atoms with van der Waals surface area (Å²) in [6.45, 7) is 3.04. The Balaban J connectivity index is 2.15. The number of nitrogens with zero attached hydrogens (tertiary/aromatic N) is 1. The maximum Gasteiger partial charge on any atom is 0.323 e. The summed E-state index contributed by atoms with van der Waals surface area (Å²) >= 11 is 0.948. The number of nitrogens with one attached hydrogen (secondary N) is 1. The van der Waals surface area contributed by atoms with Gasteiger partial charge in [0.25, 0.3) is 0 Å². The normalized spacial score (nSPS) is 20.3. The maximum absolute atomic E-state index is 13.1. The number of benzene rings is 1. The molecule has 0 aromatic heterocycles. The minimum atomic E-state index is -1.06. The largest absolute Gasteiger partial charge is 0.480 e. The Morgan fingerprint density at radius 2 is 1.93 bits per heavy atom. The van der Waals surface area contributed by atoms with Crippen LogP contribution in [0.25, 0.3) is 0 Å². The van der Waals surface area contributed by atoms with E-state index in [9.17, 15) is 24.3 Å². The molecule has 1 aromatic carbocycles. The van der Waals surface area contributed by atoms with Gasteiger partial charge in [0, 0.05) is 13.0 Å². The van der Waals surface area contributed by atoms with Gasteiger partial charge in [-0.25, -0.2) is 0 Å². The van der Waals surface area contributed by atoms with Crippen LogP contribution in [0.1, 0.15) is 51.5 Å². The van der Waals surface area contributed by atoms with E-state index in [4.69, 9.17) is 0 Å². The number of aliphatic carboxylic acids is 1. The second kappa shape index (κ2) is 11.7. The summed E-state index contributed by atoms with van der Waals surface area (Å²) in [5.74, 6) is -1.79. The average molecular weight is 435 g/mol. The van der Waals surface area contributed by atoms with Crippen LogP contribution in [-0.4, -0.2) is 56.8 Å². The van der Waals surface area contributed by atoms with Crippen molar-refractivity contribution in [1.29, 1.82) is 0 Å². The van der Waals surface area contributed by atoms with E-state index in [0.29, 0.717) is 12.8 Å². The van der Waals surface area contributed by atoms with Gasteiger partial charge >= 0.3 is 5.97 Å². The average Bonchev–Trinajstić information content (AvgIpc) is 2.82. The van der Waals surface area contributed by atoms with Crippen LogP contribution in [0.3, 0.4) is 0 Å². The highest BCUT2D eigenvalue weighted by Gasteiger charge is 2.35. The molecule has 8 heteroatoms. The monoisotopic (exact) mass is 434 g/mol. The van der Waals surface area contributed by atoms with Gasteiger partial charge in [0.2, 0.25) is 11.8 Å². The van der Waals surface area contributed by atoms with Crippen molar-refractivity contribution in [2.75, 3.05) is 6.54 Å². The molecule has 1 heterocycles. The minimum absolute atomic E-state index is 0.132. The minimum Gasteiger partial charge on any atom is -0.480 e. The highest BCUT2D eigenvalue weighted by Crippen LogP contribution is 2.23. The fourth-order valence-corrected chi connectivity index (χ4v) is 4.67. The lowest BCUT2D eigenvalue weighted by atomic mass is 10.0. The zero-order chi connectivity index (χ0) is 22.1. The first kappa shape index (κ1) is 23.9. The summed E-state index contributed by atoms with van der Waals surface area (Å²) in [6.07, 6.45) is 3.85. The summed E-state index contributed by atoms with van der Waals surface area (Å²) < 4.78 is 0. The molecule has 1 saturated heterocycles. The summed E-state index contributed by atoms with van der Waals surface area (Å²) in [6, 6.07) is 8.50. The SMILES string of the molecule is CCC[C@@H]1CCC[C@@H](NC(=O)[C@@H](Cc2ccccc2)SC(C)=O)C(=O)N1CC(=O)O. The van der Waals surface area contributed by atoms with E-state index in [1.54, 1.807) is 0 Å². The summed E-state index contributed by atoms with van der Waals surface area (Å²) in [7, 11) is 0. The first-order valence-corrected chi connectivity index (χ1v) is 11.2. The molecule has 0 spiro atoms. The zero-order valence-electron chi connectivity index (χ0n) is 17.5. The van der Waals surface area contributed by atoms with Crippen molar-refractivity contribution < 1.29 is 24.3 Å². The van der Waals surface area contributed by atoms with Gasteiger partial charge in [-0.05, 0) is 37.7 Å². The molecule has 1 aliphatic heterocycles. The van der Waals surface area contributed by atoms with Crippen molar-refractivity contribution in [2.24, 2.45) is 0 Å². The predicted octanol–water partition coefficient (Wildman–Crippen LogP) is 2.63. The number of thioether (sulfide) groups is 1. The Labute approximate surface area is 181 Å². The molecule has 2 N–H and O–H groups in total. The number of likely N-dealkylation sites (tertiary alicyclic amines) is 1. The Morgan fingerprint density at radius 3 is 2.53 bits per heavy atom. The molecular weight excluding hydrogens is 404 g/mol. The van der Waals surface area contributed by atoms with Crippen molar-refractivity contribution in [3.63, 3.8) is 0 Å². The van der Waals surface area contributed by atoms with Crippen LogP contribution in [0.2, 0.25) is 0 Å². The van der Waals surface area contributed by atoms with Gasteiger partial charge in [-0.2, -0.15) is 0 Å². The number of hydrogen-bond acceptors (Lipinski definition) is 5. The molecule has 0 unspecified atom stereocenters. The molecule has 2 amide bonds. The topological polar surface area (TPSA) is 104 Å². The Morgan fingerprint density at radius 1 is 1.23 bits per heavy atom. The Kier molecular flexibility index (Phi) is 9.36. The molecule has 0 aliphatic carbocycles. The molecule has 30 heavy (non-hydrogen) atoms. The third-order valence-electron chi connectivity index (χ3n) is 5.16. The van der Waals surface area contributed by atoms with Gasteiger partial charge in [0.1, 0.15) is 12.6 Å². The van der Waals surface area contributed by atoms with Crippen LogP contribution in [0.4, 0.5) is 0 Å². The first-order valence-electron chi connectivity index (χ1n) is 10.4. The molecule has 0 saturated carbocycles. The van der Waals surface area contributed by atoms with Gasteiger partial charge in [-0.15, -0.1) is 0 Å². The van der Waals surface area contributed by atoms with Gasteiger partial charge in [0.05, 0.1) is 5.25 Å². The van der Waals surface area contributed by atoms with Crippen LogP contribution in [0, 0.1) is 0 Å². The van der Waals surface area contributed by atoms with E-state index < -0.39 is 17.3 Å². The van der Waals surface area contributed by atoms with E-state index >= 15 is 0 Å². The van der Waals surface area contributed by atoms with E-state index in [1.807, 2.05) is 37.3 Å². The smallest absolute Gasteiger partial charge is 0.323 e. The lowest BCUT2D eigenvalue weighted by molar-refractivity contribution is -0.147. The molecule has 0 bridgehead atoms. The molecule has 0 radical (unpaired) electrons. The van der Waals surface area contributed by atoms with E-state index in [2.05, 4.69) is 5.32 Å². The lowest BCUT2D eigenvalue weighted by Crippen LogP contribution is -2.53. The second-order valence-corrected chi connectivity index (χ2v) is 8.96. The molecule has 164 valence electrons. The van der Waals surface area contributed by atoms with E-state index in [1.165, 1.54) is 11.8 Å². The predicted molar refractivity (Wildman–Crippen MR) is 116 cm³/mol. The van der Waals surface area contributed by atoms with Crippen molar-refractivity contribution >= 4 is 34.7 Å². The lowest BCUT2D eigenvalue weighted by Gasteiger charge is -2.30. The molecule has 1 fully saturated rings. The van der Waals surface area contributed by atoms with Crippen LogP contribution in [0.15, 0.2) is 30.3 Å². The molecule has 1 aromatic rings. The van der Waals surface area contributed by atoms with Crippen LogP contribution in [0.5, 0.6) is 0 Å². The summed E-state index contributed by atoms with van der Waals surface area (Å²) in [5.41, 5.74) is 0.925. The number of hydrogen-bond donors (Lipinski definition) is 2. The number of carboxylic acid groups (broad SMARTS) is 1. The number of rotatable bonds is 9. The molecule has 3 atom stereocenters. The van der Waals surface area contributed by atoms with Crippen molar-refractivity contribution in [2.45, 2.75) is 69.7 Å². The first-order chi connectivity index (χ1) is 14.3. The quantitative estimate of drug-likeness (QED) is 0.619. The highest BCUT2D eigenvalue weighted by molar-refractivity contribution is 8.14. The highest BCUT2D eigenvalue weighted by atomic mass is 32.2. The molecule has 7 nitrogen and oxygen atoms in total. The third-order valence-corrected chi connectivity index (χ3v) is 6.16. The second-order valence-electron chi connectivity index (χ2n) is 7.58. The van der Waals surface area contributed by atoms with E-state index in [-0.39, 0.29) is 29.5 Å². The standard InChI is InChI=1S/C22H30N2O5S/c1-3-8-17-11-7-12-18(22(29)24(17)14-20(26)27)23-21(28)19(30-15(2)25)13-16-9-5-4-6-10-16/h4-6,9-10,17-19H,3,7-8,11-14H2,1-2H3,(H,23,28)(H,26,27)/t17-,18-,19-/m1/s1. The third kappa shape index (κ3) is 7.16.